The van der Waals surface area contributed by atoms with Crippen LogP contribution in [0.4, 0.5) is 30.7 Å². The third kappa shape index (κ3) is 2.85. The van der Waals surface area contributed by atoms with Gasteiger partial charge in [-0.2, -0.15) is 30.7 Å². The van der Waals surface area contributed by atoms with Gasteiger partial charge in [0.15, 0.2) is 0 Å². The van der Waals surface area contributed by atoms with Gasteiger partial charge >= 0.3 is 18.3 Å². The molecule has 122 valence electrons. The van der Waals surface area contributed by atoms with E-state index in [1.54, 1.807) is 0 Å². The lowest BCUT2D eigenvalue weighted by Crippen LogP contribution is -2.58. The van der Waals surface area contributed by atoms with Crippen molar-refractivity contribution in [2.75, 3.05) is 0 Å². The van der Waals surface area contributed by atoms with Crippen molar-refractivity contribution in [3.05, 3.63) is 12.4 Å². The van der Waals surface area contributed by atoms with Crippen molar-refractivity contribution in [3.8, 4) is 0 Å². The summed E-state index contributed by atoms with van der Waals surface area (Å²) >= 11 is 0. The number of carbonyl (C=O) groups excluding carboxylic acids is 1. The maximum atomic E-state index is 12.8. The summed E-state index contributed by atoms with van der Waals surface area (Å²) in [6.07, 6.45) is -13.1. The zero-order valence-electron chi connectivity index (χ0n) is 10.9. The second-order valence-corrected chi connectivity index (χ2v) is 4.84. The number of alkyl halides is 6. The molecule has 2 unspecified atom stereocenters. The predicted octanol–water partition coefficient (Wildman–Crippen LogP) is 3.65. The van der Waals surface area contributed by atoms with Gasteiger partial charge in [0, 0.05) is 19.3 Å². The molecular weight excluding hydrogens is 313 g/mol. The van der Waals surface area contributed by atoms with Crippen molar-refractivity contribution < 1.29 is 45.0 Å². The fourth-order valence-corrected chi connectivity index (χ4v) is 1.97. The fraction of sp³-hybridized carbons (Fsp3) is 0.727. The number of esters is 1. The smallest absolute Gasteiger partial charge is 0.426 e. The van der Waals surface area contributed by atoms with Crippen LogP contribution in [0.5, 0.6) is 0 Å². The minimum Gasteiger partial charge on any atom is -0.428 e. The Morgan fingerprint density at radius 3 is 1.95 bits per heavy atom. The highest BCUT2D eigenvalue weighted by Gasteiger charge is 2.78. The molecule has 0 N–H and O–H groups in total. The maximum absolute atomic E-state index is 12.8. The summed E-state index contributed by atoms with van der Waals surface area (Å²) < 4.78 is 98.0. The molecule has 1 rings (SSSR count). The van der Waals surface area contributed by atoms with Crippen LogP contribution >= 0.6 is 0 Å². The van der Waals surface area contributed by atoms with Crippen LogP contribution in [0.1, 0.15) is 20.3 Å². The highest BCUT2D eigenvalue weighted by molar-refractivity contribution is 5.85. The van der Waals surface area contributed by atoms with Gasteiger partial charge < -0.3 is 9.47 Å². The van der Waals surface area contributed by atoms with Gasteiger partial charge in [0.05, 0.1) is 0 Å². The molecule has 0 amide bonds. The fourth-order valence-electron chi connectivity index (χ4n) is 1.97. The van der Waals surface area contributed by atoms with E-state index in [2.05, 4.69) is 16.1 Å². The van der Waals surface area contributed by atoms with E-state index in [1.165, 1.54) is 0 Å². The van der Waals surface area contributed by atoms with Crippen LogP contribution < -0.4 is 0 Å². The van der Waals surface area contributed by atoms with Gasteiger partial charge in [-0.3, -0.25) is 0 Å². The lowest BCUT2D eigenvalue weighted by molar-refractivity contribution is -0.400. The highest BCUT2D eigenvalue weighted by atomic mass is 19.4. The molecule has 3 nitrogen and oxygen atoms in total. The Morgan fingerprint density at radius 1 is 1.24 bits per heavy atom. The first-order chi connectivity index (χ1) is 9.16. The third-order valence-corrected chi connectivity index (χ3v) is 3.30. The molecule has 2 atom stereocenters. The second kappa shape index (κ2) is 4.85. The molecule has 0 aromatic carbocycles. The topological polar surface area (TPSA) is 35.5 Å². The van der Waals surface area contributed by atoms with E-state index < -0.39 is 47.9 Å². The zero-order valence-corrected chi connectivity index (χ0v) is 10.9. The average Bonchev–Trinajstić information content (AvgIpc) is 2.50. The number of ether oxygens (including phenoxy) is 2. The SMILES string of the molecule is C=C(F)C(=O)OC1(C)OC(C(F)(F)F)(C(F)(F)F)CC1C. The number of halogens is 7. The van der Waals surface area contributed by atoms with Gasteiger partial charge in [-0.1, -0.05) is 13.5 Å². The lowest BCUT2D eigenvalue weighted by atomic mass is 9.91. The number of carbonyl (C=O) groups is 1. The van der Waals surface area contributed by atoms with Crippen molar-refractivity contribution in [2.24, 2.45) is 5.92 Å². The van der Waals surface area contributed by atoms with Crippen LogP contribution in [0.3, 0.4) is 0 Å². The van der Waals surface area contributed by atoms with Crippen molar-refractivity contribution in [1.82, 2.24) is 0 Å². The second-order valence-electron chi connectivity index (χ2n) is 4.84. The van der Waals surface area contributed by atoms with Crippen LogP contribution in [0.15, 0.2) is 12.4 Å². The Morgan fingerprint density at radius 2 is 1.67 bits per heavy atom. The summed E-state index contributed by atoms with van der Waals surface area (Å²) in [7, 11) is 0. The van der Waals surface area contributed by atoms with Gasteiger partial charge in [0.25, 0.3) is 5.60 Å². The molecule has 0 bridgehead atoms. The Kier molecular flexibility index (Phi) is 4.10. The van der Waals surface area contributed by atoms with Crippen molar-refractivity contribution >= 4 is 5.97 Å². The molecule has 0 spiro atoms. The van der Waals surface area contributed by atoms with Crippen LogP contribution in [0.2, 0.25) is 0 Å². The van der Waals surface area contributed by atoms with Gasteiger partial charge in [-0.15, -0.1) is 0 Å². The molecule has 21 heavy (non-hydrogen) atoms. The minimum atomic E-state index is -5.78. The van der Waals surface area contributed by atoms with E-state index in [0.29, 0.717) is 6.92 Å². The normalized spacial score (nSPS) is 29.3. The molecule has 1 aliphatic rings. The van der Waals surface area contributed by atoms with Crippen molar-refractivity contribution in [3.63, 3.8) is 0 Å². The Balaban J connectivity index is 3.22. The molecule has 0 radical (unpaired) electrons. The molecule has 1 fully saturated rings. The summed E-state index contributed by atoms with van der Waals surface area (Å²) in [5.74, 6) is -7.52. The summed E-state index contributed by atoms with van der Waals surface area (Å²) in [6, 6.07) is 0. The molecular formula is C11H11F7O3. The number of hydrogen-bond acceptors (Lipinski definition) is 3. The lowest BCUT2D eigenvalue weighted by Gasteiger charge is -2.35. The molecule has 0 aromatic heterocycles. The molecule has 0 aromatic rings. The highest BCUT2D eigenvalue weighted by Crippen LogP contribution is 2.57. The van der Waals surface area contributed by atoms with Gasteiger partial charge in [-0.25, -0.2) is 4.79 Å². The molecule has 1 heterocycles. The van der Waals surface area contributed by atoms with Gasteiger partial charge in [0.2, 0.25) is 11.6 Å². The largest absolute Gasteiger partial charge is 0.428 e. The van der Waals surface area contributed by atoms with E-state index >= 15 is 0 Å². The number of rotatable bonds is 2. The van der Waals surface area contributed by atoms with E-state index in [1.807, 2.05) is 0 Å². The quantitative estimate of drug-likeness (QED) is 0.442. The van der Waals surface area contributed by atoms with Crippen LogP contribution in [-0.4, -0.2) is 29.7 Å². The average molecular weight is 324 g/mol. The molecule has 10 heteroatoms. The van der Waals surface area contributed by atoms with E-state index in [9.17, 15) is 35.5 Å². The van der Waals surface area contributed by atoms with Gasteiger partial charge in [0.1, 0.15) is 0 Å². The van der Waals surface area contributed by atoms with Crippen molar-refractivity contribution in [1.29, 1.82) is 0 Å². The first-order valence-electron chi connectivity index (χ1n) is 5.57. The van der Waals surface area contributed by atoms with E-state index in [4.69, 9.17) is 0 Å². The number of hydrogen-bond donors (Lipinski definition) is 0. The first-order valence-corrected chi connectivity index (χ1v) is 5.57. The Bertz CT molecular complexity index is 440. The predicted molar refractivity (Wildman–Crippen MR) is 54.5 cm³/mol. The summed E-state index contributed by atoms with van der Waals surface area (Å²) in [6.45, 7) is 4.22. The molecule has 0 aliphatic carbocycles. The molecule has 0 saturated carbocycles. The van der Waals surface area contributed by atoms with Crippen molar-refractivity contribution in [2.45, 2.75) is 44.0 Å². The van der Waals surface area contributed by atoms with Gasteiger partial charge in [-0.05, 0) is 0 Å². The molecule has 1 saturated heterocycles. The van der Waals surface area contributed by atoms with Crippen LogP contribution in [0, 0.1) is 5.92 Å². The zero-order chi connectivity index (χ0) is 16.9. The summed E-state index contributed by atoms with van der Waals surface area (Å²) in [5, 5.41) is 0. The van der Waals surface area contributed by atoms with Crippen LogP contribution in [-0.2, 0) is 14.3 Å². The van der Waals surface area contributed by atoms with Crippen LogP contribution in [0.25, 0.3) is 0 Å². The first kappa shape index (κ1) is 17.7. The third-order valence-electron chi connectivity index (χ3n) is 3.30. The van der Waals surface area contributed by atoms with E-state index in [-0.39, 0.29) is 0 Å². The van der Waals surface area contributed by atoms with E-state index in [0.717, 1.165) is 6.92 Å². The monoisotopic (exact) mass is 324 g/mol. The Hall–Kier alpha value is -1.32. The summed E-state index contributed by atoms with van der Waals surface area (Å²) in [4.78, 5) is 11.0. The maximum Gasteiger partial charge on any atom is 0.426 e. The summed E-state index contributed by atoms with van der Waals surface area (Å²) in [5.41, 5.74) is -4.48. The standard InChI is InChI=1S/C11H11F7O3/c1-5-4-9(10(13,14)15,11(16,17)18)21-8(5,3)20-7(19)6(2)12/h5H,2,4H2,1,3H3. The minimum absolute atomic E-state index is 0.706. The Labute approximate surface area is 114 Å². The molecule has 1 aliphatic heterocycles.